The maximum absolute atomic E-state index is 13.3. The second kappa shape index (κ2) is 9.25. The average Bonchev–Trinajstić information content (AvgIpc) is 3.48. The van der Waals surface area contributed by atoms with Gasteiger partial charge in [0.2, 0.25) is 0 Å². The number of amides is 1. The van der Waals surface area contributed by atoms with Gasteiger partial charge in [0, 0.05) is 17.0 Å². The van der Waals surface area contributed by atoms with Crippen molar-refractivity contribution in [3.05, 3.63) is 118 Å². The Kier molecular flexibility index (Phi) is 5.63. The third kappa shape index (κ3) is 4.19. The molecular weight excluding hydrogens is 482 g/mol. The van der Waals surface area contributed by atoms with Gasteiger partial charge in [0.25, 0.3) is 11.5 Å². The molecule has 0 saturated heterocycles. The van der Waals surface area contributed by atoms with E-state index < -0.39 is 5.91 Å². The summed E-state index contributed by atoms with van der Waals surface area (Å²) in [5, 5.41) is 6.46. The molecule has 0 aliphatic heterocycles. The van der Waals surface area contributed by atoms with Gasteiger partial charge in [-0.25, -0.2) is 9.67 Å². The van der Waals surface area contributed by atoms with E-state index in [1.54, 1.807) is 12.1 Å². The van der Waals surface area contributed by atoms with Crippen LogP contribution in [0.5, 0.6) is 0 Å². The summed E-state index contributed by atoms with van der Waals surface area (Å²) in [6.07, 6.45) is 0. The molecule has 8 heteroatoms. The Morgan fingerprint density at radius 1 is 0.865 bits per heavy atom. The van der Waals surface area contributed by atoms with E-state index in [2.05, 4.69) is 10.4 Å². The normalized spacial score (nSPS) is 11.0. The topological polar surface area (TPSA) is 106 Å². The van der Waals surface area contributed by atoms with Crippen molar-refractivity contribution < 1.29 is 4.79 Å². The van der Waals surface area contributed by atoms with Gasteiger partial charge in [-0.05, 0) is 29.3 Å². The Hall–Kier alpha value is -4.95. The minimum atomic E-state index is -0.415. The van der Waals surface area contributed by atoms with Gasteiger partial charge in [-0.3, -0.25) is 14.7 Å². The molecule has 7 nitrogen and oxygen atoms in total. The maximum atomic E-state index is 13.3. The number of thiophene rings is 1. The Balaban J connectivity index is 1.43. The number of aromatic nitrogens is 3. The number of anilines is 2. The van der Waals surface area contributed by atoms with E-state index in [0.29, 0.717) is 21.1 Å². The minimum absolute atomic E-state index is 0.275. The third-order valence-electron chi connectivity index (χ3n) is 6.04. The van der Waals surface area contributed by atoms with Crippen molar-refractivity contribution in [2.45, 2.75) is 0 Å². The van der Waals surface area contributed by atoms with E-state index >= 15 is 0 Å². The minimum Gasteiger partial charge on any atom is -0.397 e. The molecule has 0 unspecified atom stereocenters. The first-order valence-corrected chi connectivity index (χ1v) is 12.4. The van der Waals surface area contributed by atoms with E-state index in [1.165, 1.54) is 22.1 Å². The molecule has 3 heterocycles. The van der Waals surface area contributed by atoms with Crippen molar-refractivity contribution in [1.29, 1.82) is 0 Å². The standard InChI is InChI=1S/C29H21N5O2S/c30-26-25-21(18-10-4-1-5-11-18)16-22(19-12-6-2-7-13-19)31-29(25)37-27(26)28(36)32-23-17-24(35)34(33-23)20-14-8-3-9-15-20/h1-17,33H,30H2,(H,32,36). The molecular formula is C29H21N5O2S. The van der Waals surface area contributed by atoms with Crippen LogP contribution >= 0.6 is 11.3 Å². The van der Waals surface area contributed by atoms with Gasteiger partial charge >= 0.3 is 0 Å². The zero-order chi connectivity index (χ0) is 25.4. The second-order valence-corrected chi connectivity index (χ2v) is 9.44. The molecule has 0 saturated carbocycles. The van der Waals surface area contributed by atoms with Gasteiger partial charge < -0.3 is 11.1 Å². The molecule has 180 valence electrons. The van der Waals surface area contributed by atoms with Crippen LogP contribution in [-0.4, -0.2) is 20.7 Å². The van der Waals surface area contributed by atoms with Crippen molar-refractivity contribution in [3.8, 4) is 28.1 Å². The lowest BCUT2D eigenvalue weighted by molar-refractivity contribution is 0.103. The summed E-state index contributed by atoms with van der Waals surface area (Å²) in [6, 6.07) is 32.3. The first-order valence-electron chi connectivity index (χ1n) is 11.6. The average molecular weight is 504 g/mol. The first-order chi connectivity index (χ1) is 18.1. The summed E-state index contributed by atoms with van der Waals surface area (Å²) in [7, 11) is 0. The molecule has 37 heavy (non-hydrogen) atoms. The highest BCUT2D eigenvalue weighted by molar-refractivity contribution is 7.21. The van der Waals surface area contributed by atoms with E-state index in [4.69, 9.17) is 10.7 Å². The molecule has 6 aromatic rings. The summed E-state index contributed by atoms with van der Waals surface area (Å²) in [5.74, 6) is -0.140. The molecule has 0 aliphatic carbocycles. The van der Waals surface area contributed by atoms with Crippen molar-refractivity contribution in [2.75, 3.05) is 11.1 Å². The van der Waals surface area contributed by atoms with Crippen LogP contribution in [0.2, 0.25) is 0 Å². The quantitative estimate of drug-likeness (QED) is 0.271. The molecule has 0 bridgehead atoms. The number of nitrogen functional groups attached to an aromatic ring is 1. The van der Waals surface area contributed by atoms with E-state index in [0.717, 1.165) is 27.8 Å². The van der Waals surface area contributed by atoms with Gasteiger partial charge in [0.15, 0.2) is 0 Å². The van der Waals surface area contributed by atoms with Gasteiger partial charge in [0.1, 0.15) is 15.5 Å². The number of hydrogen-bond donors (Lipinski definition) is 3. The number of hydrogen-bond acceptors (Lipinski definition) is 5. The van der Waals surface area contributed by atoms with Crippen molar-refractivity contribution in [2.24, 2.45) is 0 Å². The number of nitrogens with one attached hydrogen (secondary N) is 2. The molecule has 4 N–H and O–H groups in total. The lowest BCUT2D eigenvalue weighted by Gasteiger charge is -2.09. The Morgan fingerprint density at radius 3 is 2.16 bits per heavy atom. The SMILES string of the molecule is Nc1c(C(=O)Nc2cc(=O)n(-c3ccccc3)[nH]2)sc2nc(-c3ccccc3)cc(-c3ccccc3)c12. The number of pyridine rings is 1. The number of H-pyrrole nitrogens is 1. The van der Waals surface area contributed by atoms with Crippen LogP contribution in [0, 0.1) is 0 Å². The summed E-state index contributed by atoms with van der Waals surface area (Å²) in [6.45, 7) is 0. The van der Waals surface area contributed by atoms with E-state index in [9.17, 15) is 9.59 Å². The summed E-state index contributed by atoms with van der Waals surface area (Å²) in [4.78, 5) is 31.7. The fraction of sp³-hybridized carbons (Fsp3) is 0. The molecule has 0 radical (unpaired) electrons. The predicted molar refractivity (Wildman–Crippen MR) is 149 cm³/mol. The zero-order valence-electron chi connectivity index (χ0n) is 19.5. The van der Waals surface area contributed by atoms with E-state index in [1.807, 2.05) is 84.9 Å². The summed E-state index contributed by atoms with van der Waals surface area (Å²) >= 11 is 1.23. The van der Waals surface area contributed by atoms with Crippen LogP contribution in [0.3, 0.4) is 0 Å². The number of nitrogens with zero attached hydrogens (tertiary/aromatic N) is 2. The number of carbonyl (C=O) groups excluding carboxylic acids is 1. The monoisotopic (exact) mass is 503 g/mol. The number of carbonyl (C=O) groups is 1. The van der Waals surface area contributed by atoms with Crippen LogP contribution in [-0.2, 0) is 0 Å². The third-order valence-corrected chi connectivity index (χ3v) is 7.14. The number of rotatable bonds is 5. The van der Waals surface area contributed by atoms with Crippen LogP contribution in [0.1, 0.15) is 9.67 Å². The number of fused-ring (bicyclic) bond motifs is 1. The van der Waals surface area contributed by atoms with Crippen molar-refractivity contribution >= 4 is 39.0 Å². The fourth-order valence-electron chi connectivity index (χ4n) is 4.30. The molecule has 0 spiro atoms. The molecule has 3 aromatic carbocycles. The number of nitrogens with two attached hydrogens (primary N) is 1. The van der Waals surface area contributed by atoms with Crippen LogP contribution in [0.4, 0.5) is 11.5 Å². The summed E-state index contributed by atoms with van der Waals surface area (Å²) < 4.78 is 1.37. The second-order valence-electron chi connectivity index (χ2n) is 8.45. The van der Waals surface area contributed by atoms with Gasteiger partial charge in [-0.15, -0.1) is 11.3 Å². The maximum Gasteiger partial charge on any atom is 0.273 e. The van der Waals surface area contributed by atoms with Gasteiger partial charge in [0.05, 0.1) is 17.1 Å². The van der Waals surface area contributed by atoms with Crippen LogP contribution in [0.25, 0.3) is 38.3 Å². The number of para-hydroxylation sites is 1. The van der Waals surface area contributed by atoms with Gasteiger partial charge in [-0.1, -0.05) is 78.9 Å². The lowest BCUT2D eigenvalue weighted by atomic mass is 9.99. The largest absolute Gasteiger partial charge is 0.397 e. The number of benzene rings is 3. The highest BCUT2D eigenvalue weighted by Gasteiger charge is 2.22. The van der Waals surface area contributed by atoms with Crippen LogP contribution < -0.4 is 16.6 Å². The van der Waals surface area contributed by atoms with E-state index in [-0.39, 0.29) is 11.4 Å². The fourth-order valence-corrected chi connectivity index (χ4v) is 5.31. The number of aromatic amines is 1. The molecule has 0 aliphatic rings. The Bertz CT molecular complexity index is 1790. The first kappa shape index (κ1) is 22.5. The Morgan fingerprint density at radius 2 is 1.49 bits per heavy atom. The highest BCUT2D eigenvalue weighted by atomic mass is 32.1. The smallest absolute Gasteiger partial charge is 0.273 e. The molecule has 0 fully saturated rings. The molecule has 6 rings (SSSR count). The van der Waals surface area contributed by atoms with Gasteiger partial charge in [-0.2, -0.15) is 0 Å². The van der Waals surface area contributed by atoms with Crippen molar-refractivity contribution in [3.63, 3.8) is 0 Å². The zero-order valence-corrected chi connectivity index (χ0v) is 20.3. The van der Waals surface area contributed by atoms with Crippen LogP contribution in [0.15, 0.2) is 108 Å². The Labute approximate surface area is 215 Å². The summed E-state index contributed by atoms with van der Waals surface area (Å²) in [5.41, 5.74) is 11.0. The van der Waals surface area contributed by atoms with Crippen molar-refractivity contribution in [1.82, 2.24) is 14.8 Å². The predicted octanol–water partition coefficient (Wildman–Crippen LogP) is 5.94. The lowest BCUT2D eigenvalue weighted by Crippen LogP contribution is -2.13. The molecule has 3 aromatic heterocycles. The highest BCUT2D eigenvalue weighted by Crippen LogP contribution is 2.41. The molecule has 1 amide bonds. The molecule has 0 atom stereocenters.